The van der Waals surface area contributed by atoms with Crippen molar-refractivity contribution < 1.29 is 23.5 Å². The average molecular weight is 487 g/mol. The predicted molar refractivity (Wildman–Crippen MR) is 130 cm³/mol. The monoisotopic (exact) mass is 487 g/mol. The quantitative estimate of drug-likeness (QED) is 0.358. The maximum atomic E-state index is 13.2. The molecule has 1 atom stereocenters. The molecule has 4 rings (SSSR count). The molecule has 1 heterocycles. The van der Waals surface area contributed by atoms with Crippen LogP contribution in [0.2, 0.25) is 0 Å². The second kappa shape index (κ2) is 11.6. The summed E-state index contributed by atoms with van der Waals surface area (Å²) in [5.41, 5.74) is 0.195. The molecule has 1 N–H and O–H groups in total. The lowest BCUT2D eigenvalue weighted by Crippen LogP contribution is -2.29. The molecule has 0 saturated carbocycles. The lowest BCUT2D eigenvalue weighted by Gasteiger charge is -2.18. The van der Waals surface area contributed by atoms with Crippen LogP contribution in [0.5, 0.6) is 5.75 Å². The summed E-state index contributed by atoms with van der Waals surface area (Å²) in [5.74, 6) is -1.34. The summed E-state index contributed by atoms with van der Waals surface area (Å²) in [6.07, 6.45) is -1.31. The van der Waals surface area contributed by atoms with Gasteiger partial charge in [0.2, 0.25) is 6.10 Å². The highest BCUT2D eigenvalue weighted by Crippen LogP contribution is 2.21. The molecule has 4 aromatic rings. The van der Waals surface area contributed by atoms with Crippen molar-refractivity contribution in [3.8, 4) is 5.75 Å². The van der Waals surface area contributed by atoms with Gasteiger partial charge in [-0.15, -0.1) is 0 Å². The fourth-order valence-corrected chi connectivity index (χ4v) is 3.29. The van der Waals surface area contributed by atoms with E-state index in [4.69, 9.17) is 9.47 Å². The minimum atomic E-state index is -1.31. The normalized spacial score (nSPS) is 11.4. The lowest BCUT2D eigenvalue weighted by atomic mass is 10.1. The SMILES string of the molecule is O=C(OC(C(=O)Nc1ccc(F)cc1)c1ccccc1)c1ccc(=O)n(CCOc2ccccc2)n1. The molecule has 0 aliphatic carbocycles. The number of para-hydroxylation sites is 1. The Morgan fingerprint density at radius 3 is 2.25 bits per heavy atom. The average Bonchev–Trinajstić information content (AvgIpc) is 2.90. The number of hydrogen-bond donors (Lipinski definition) is 1. The van der Waals surface area contributed by atoms with Crippen molar-refractivity contribution in [2.75, 3.05) is 11.9 Å². The zero-order valence-corrected chi connectivity index (χ0v) is 19.0. The van der Waals surface area contributed by atoms with Crippen molar-refractivity contribution in [2.45, 2.75) is 12.6 Å². The molecule has 3 aromatic carbocycles. The van der Waals surface area contributed by atoms with Crippen LogP contribution in [0.4, 0.5) is 10.1 Å². The van der Waals surface area contributed by atoms with Gasteiger partial charge in [-0.3, -0.25) is 9.59 Å². The van der Waals surface area contributed by atoms with Gasteiger partial charge in [-0.25, -0.2) is 13.9 Å². The third-order valence-corrected chi connectivity index (χ3v) is 5.07. The van der Waals surface area contributed by atoms with E-state index in [1.54, 1.807) is 42.5 Å². The van der Waals surface area contributed by atoms with Gasteiger partial charge in [-0.2, -0.15) is 5.10 Å². The predicted octanol–water partition coefficient (Wildman–Crippen LogP) is 4.00. The molecule has 0 radical (unpaired) electrons. The van der Waals surface area contributed by atoms with Crippen LogP contribution in [-0.2, 0) is 16.1 Å². The molecule has 9 heteroatoms. The van der Waals surface area contributed by atoms with E-state index in [1.165, 1.54) is 36.4 Å². The fraction of sp³-hybridized carbons (Fsp3) is 0.111. The number of nitrogens with zero attached hydrogens (tertiary/aromatic N) is 2. The van der Waals surface area contributed by atoms with Crippen molar-refractivity contribution in [1.29, 1.82) is 0 Å². The molecular weight excluding hydrogens is 465 g/mol. The molecule has 1 unspecified atom stereocenters. The van der Waals surface area contributed by atoms with Crippen molar-refractivity contribution in [3.63, 3.8) is 0 Å². The maximum absolute atomic E-state index is 13.2. The third kappa shape index (κ3) is 6.41. The van der Waals surface area contributed by atoms with E-state index in [0.717, 1.165) is 4.68 Å². The van der Waals surface area contributed by atoms with Gasteiger partial charge in [0.15, 0.2) is 5.69 Å². The van der Waals surface area contributed by atoms with Crippen LogP contribution in [0.1, 0.15) is 22.2 Å². The van der Waals surface area contributed by atoms with Gasteiger partial charge in [0, 0.05) is 17.3 Å². The number of carbonyl (C=O) groups is 2. The molecule has 1 amide bonds. The van der Waals surface area contributed by atoms with Crippen LogP contribution in [0.3, 0.4) is 0 Å². The van der Waals surface area contributed by atoms with Gasteiger partial charge in [-0.05, 0) is 42.5 Å². The topological polar surface area (TPSA) is 99.5 Å². The van der Waals surface area contributed by atoms with Crippen LogP contribution < -0.4 is 15.6 Å². The Balaban J connectivity index is 1.48. The molecule has 0 aliphatic rings. The number of carbonyl (C=O) groups excluding carboxylic acids is 2. The van der Waals surface area contributed by atoms with Crippen molar-refractivity contribution in [2.24, 2.45) is 0 Å². The number of aromatic nitrogens is 2. The second-order valence-corrected chi connectivity index (χ2v) is 7.63. The molecule has 36 heavy (non-hydrogen) atoms. The Morgan fingerprint density at radius 2 is 1.56 bits per heavy atom. The molecule has 1 aromatic heterocycles. The Labute approximate surface area is 205 Å². The van der Waals surface area contributed by atoms with E-state index in [2.05, 4.69) is 10.4 Å². The van der Waals surface area contributed by atoms with Gasteiger partial charge in [0.1, 0.15) is 18.2 Å². The van der Waals surface area contributed by atoms with E-state index in [-0.39, 0.29) is 18.8 Å². The highest BCUT2D eigenvalue weighted by molar-refractivity contribution is 5.97. The van der Waals surface area contributed by atoms with Crippen LogP contribution >= 0.6 is 0 Å². The zero-order valence-electron chi connectivity index (χ0n) is 19.0. The van der Waals surface area contributed by atoms with E-state index in [0.29, 0.717) is 17.0 Å². The number of nitrogens with one attached hydrogen (secondary N) is 1. The summed E-state index contributed by atoms with van der Waals surface area (Å²) < 4.78 is 25.4. The molecule has 0 spiro atoms. The lowest BCUT2D eigenvalue weighted by molar-refractivity contribution is -0.125. The summed E-state index contributed by atoms with van der Waals surface area (Å²) in [4.78, 5) is 38.1. The van der Waals surface area contributed by atoms with Crippen LogP contribution in [0.25, 0.3) is 0 Å². The number of rotatable bonds is 9. The molecule has 182 valence electrons. The number of halogens is 1. The van der Waals surface area contributed by atoms with Crippen LogP contribution in [-0.4, -0.2) is 28.3 Å². The summed E-state index contributed by atoms with van der Waals surface area (Å²) in [6, 6.07) is 25.1. The number of esters is 1. The minimum absolute atomic E-state index is 0.0992. The molecule has 0 bridgehead atoms. The van der Waals surface area contributed by atoms with Gasteiger partial charge < -0.3 is 14.8 Å². The highest BCUT2D eigenvalue weighted by Gasteiger charge is 2.26. The number of ether oxygens (including phenoxy) is 2. The number of anilines is 1. The first-order chi connectivity index (χ1) is 17.5. The highest BCUT2D eigenvalue weighted by atomic mass is 19.1. The number of benzene rings is 3. The number of hydrogen-bond acceptors (Lipinski definition) is 6. The van der Waals surface area contributed by atoms with Crippen molar-refractivity contribution in [3.05, 3.63) is 124 Å². The first-order valence-corrected chi connectivity index (χ1v) is 11.1. The van der Waals surface area contributed by atoms with Crippen molar-refractivity contribution in [1.82, 2.24) is 9.78 Å². The van der Waals surface area contributed by atoms with Gasteiger partial charge in [0.05, 0.1) is 6.54 Å². The summed E-state index contributed by atoms with van der Waals surface area (Å²) >= 11 is 0. The largest absolute Gasteiger partial charge is 0.492 e. The molecule has 0 saturated heterocycles. The third-order valence-electron chi connectivity index (χ3n) is 5.07. The van der Waals surface area contributed by atoms with Gasteiger partial charge in [0.25, 0.3) is 11.5 Å². The van der Waals surface area contributed by atoms with E-state index < -0.39 is 29.4 Å². The molecular formula is C27H22FN3O5. The van der Waals surface area contributed by atoms with Crippen LogP contribution in [0.15, 0.2) is 102 Å². The zero-order chi connectivity index (χ0) is 25.3. The van der Waals surface area contributed by atoms with E-state index in [1.807, 2.05) is 18.2 Å². The Hall–Kier alpha value is -4.79. The van der Waals surface area contributed by atoms with E-state index in [9.17, 15) is 18.8 Å². The first kappa shape index (κ1) is 24.3. The Kier molecular flexibility index (Phi) is 7.82. The molecule has 0 aliphatic heterocycles. The maximum Gasteiger partial charge on any atom is 0.359 e. The smallest absolute Gasteiger partial charge is 0.359 e. The fourth-order valence-electron chi connectivity index (χ4n) is 3.29. The molecule has 0 fully saturated rings. The van der Waals surface area contributed by atoms with Gasteiger partial charge in [-0.1, -0.05) is 48.5 Å². The Morgan fingerprint density at radius 1 is 0.889 bits per heavy atom. The number of amides is 1. The summed E-state index contributed by atoms with van der Waals surface area (Å²) in [6.45, 7) is 0.254. The molecule has 8 nitrogen and oxygen atoms in total. The van der Waals surface area contributed by atoms with Crippen LogP contribution in [0, 0.1) is 5.82 Å². The first-order valence-electron chi connectivity index (χ1n) is 11.1. The van der Waals surface area contributed by atoms with Gasteiger partial charge >= 0.3 is 5.97 Å². The van der Waals surface area contributed by atoms with E-state index >= 15 is 0 Å². The standard InChI is InChI=1S/C27H22FN3O5/c28-20-11-13-21(14-12-20)29-26(33)25(19-7-3-1-4-8-19)36-27(34)23-15-16-24(32)31(30-23)17-18-35-22-9-5-2-6-10-22/h1-16,25H,17-18H2,(H,29,33). The second-order valence-electron chi connectivity index (χ2n) is 7.63. The summed E-state index contributed by atoms with van der Waals surface area (Å²) in [5, 5.41) is 6.69. The summed E-state index contributed by atoms with van der Waals surface area (Å²) in [7, 11) is 0. The Bertz CT molecular complexity index is 1380. The minimum Gasteiger partial charge on any atom is -0.492 e. The van der Waals surface area contributed by atoms with Crippen molar-refractivity contribution >= 4 is 17.6 Å².